The van der Waals surface area contributed by atoms with Gasteiger partial charge in [0.15, 0.2) is 0 Å². The SMILES string of the molecule is C[N]CC(C(C)C)N1CCCC1. The highest BCUT2D eigenvalue weighted by Gasteiger charge is 2.23. The molecule has 1 radical (unpaired) electrons. The quantitative estimate of drug-likeness (QED) is 0.621. The maximum Gasteiger partial charge on any atom is 0.0289 e. The van der Waals surface area contributed by atoms with Crippen LogP contribution in [0.2, 0.25) is 0 Å². The van der Waals surface area contributed by atoms with Crippen LogP contribution in [0.5, 0.6) is 0 Å². The fourth-order valence-electron chi connectivity index (χ4n) is 2.01. The minimum absolute atomic E-state index is 0.692. The normalized spacial score (nSPS) is 22.0. The maximum atomic E-state index is 4.26. The van der Waals surface area contributed by atoms with Crippen LogP contribution in [-0.2, 0) is 0 Å². The molecule has 0 aromatic heterocycles. The van der Waals surface area contributed by atoms with E-state index in [1.165, 1.54) is 25.9 Å². The second-order valence-electron chi connectivity index (χ2n) is 4.05. The molecule has 71 valence electrons. The molecule has 0 aromatic carbocycles. The van der Waals surface area contributed by atoms with Gasteiger partial charge in [-0.1, -0.05) is 13.8 Å². The van der Waals surface area contributed by atoms with E-state index < -0.39 is 0 Å². The number of likely N-dealkylation sites (tertiary alicyclic amines) is 1. The Kier molecular flexibility index (Phi) is 4.02. The van der Waals surface area contributed by atoms with Crippen molar-refractivity contribution in [3.63, 3.8) is 0 Å². The predicted octanol–water partition coefficient (Wildman–Crippen LogP) is 1.34. The average molecular weight is 169 g/mol. The smallest absolute Gasteiger partial charge is 0.0289 e. The van der Waals surface area contributed by atoms with Gasteiger partial charge in [0.25, 0.3) is 0 Å². The van der Waals surface area contributed by atoms with Crippen LogP contribution in [0.15, 0.2) is 0 Å². The molecule has 1 unspecified atom stereocenters. The Morgan fingerprint density at radius 3 is 2.25 bits per heavy atom. The van der Waals surface area contributed by atoms with Crippen LogP contribution in [0.1, 0.15) is 26.7 Å². The Morgan fingerprint density at radius 1 is 1.25 bits per heavy atom. The van der Waals surface area contributed by atoms with Crippen LogP contribution in [0.25, 0.3) is 0 Å². The Labute approximate surface area is 76.3 Å². The summed E-state index contributed by atoms with van der Waals surface area (Å²) in [6.45, 7) is 8.19. The van der Waals surface area contributed by atoms with E-state index in [9.17, 15) is 0 Å². The second-order valence-corrected chi connectivity index (χ2v) is 4.05. The summed E-state index contributed by atoms with van der Waals surface area (Å²) in [7, 11) is 1.92. The van der Waals surface area contributed by atoms with Crippen LogP contribution in [-0.4, -0.2) is 37.6 Å². The van der Waals surface area contributed by atoms with Crippen molar-refractivity contribution < 1.29 is 0 Å². The van der Waals surface area contributed by atoms with Gasteiger partial charge in [0.2, 0.25) is 0 Å². The van der Waals surface area contributed by atoms with E-state index in [-0.39, 0.29) is 0 Å². The summed E-state index contributed by atoms with van der Waals surface area (Å²) in [5, 5.41) is 4.26. The Morgan fingerprint density at radius 2 is 1.83 bits per heavy atom. The predicted molar refractivity (Wildman–Crippen MR) is 52.4 cm³/mol. The van der Waals surface area contributed by atoms with Gasteiger partial charge in [0, 0.05) is 19.6 Å². The second kappa shape index (κ2) is 4.83. The highest BCUT2D eigenvalue weighted by atomic mass is 15.2. The summed E-state index contributed by atoms with van der Waals surface area (Å²) in [5.74, 6) is 0.742. The molecule has 1 saturated heterocycles. The average Bonchev–Trinajstić information content (AvgIpc) is 2.51. The third kappa shape index (κ3) is 2.46. The zero-order chi connectivity index (χ0) is 8.97. The molecule has 2 nitrogen and oxygen atoms in total. The monoisotopic (exact) mass is 169 g/mol. The van der Waals surface area contributed by atoms with Gasteiger partial charge in [-0.05, 0) is 31.8 Å². The van der Waals surface area contributed by atoms with Crippen LogP contribution in [0, 0.1) is 5.92 Å². The van der Waals surface area contributed by atoms with Gasteiger partial charge in [-0.15, -0.1) is 0 Å². The standard InChI is InChI=1S/C10H21N2/c1-9(2)10(8-11-3)12-6-4-5-7-12/h9-10H,4-8H2,1-3H3. The molecule has 0 aromatic rings. The summed E-state index contributed by atoms with van der Waals surface area (Å²) in [6, 6.07) is 0.692. The third-order valence-electron chi connectivity index (χ3n) is 2.75. The molecule has 1 rings (SSSR count). The highest BCUT2D eigenvalue weighted by Crippen LogP contribution is 2.16. The van der Waals surface area contributed by atoms with Crippen LogP contribution in [0.3, 0.4) is 0 Å². The van der Waals surface area contributed by atoms with Gasteiger partial charge >= 0.3 is 0 Å². The topological polar surface area (TPSA) is 17.3 Å². The lowest BCUT2D eigenvalue weighted by Crippen LogP contribution is -2.41. The summed E-state index contributed by atoms with van der Waals surface area (Å²) in [4.78, 5) is 2.59. The third-order valence-corrected chi connectivity index (χ3v) is 2.75. The number of rotatable bonds is 4. The first-order valence-corrected chi connectivity index (χ1v) is 5.05. The summed E-state index contributed by atoms with van der Waals surface area (Å²) >= 11 is 0. The molecule has 1 heterocycles. The zero-order valence-corrected chi connectivity index (χ0v) is 8.58. The number of likely N-dealkylation sites (N-methyl/N-ethyl adjacent to an activating group) is 1. The van der Waals surface area contributed by atoms with E-state index in [4.69, 9.17) is 0 Å². The van der Waals surface area contributed by atoms with Gasteiger partial charge in [0.1, 0.15) is 0 Å². The lowest BCUT2D eigenvalue weighted by atomic mass is 10.0. The fraction of sp³-hybridized carbons (Fsp3) is 1.00. The van der Waals surface area contributed by atoms with Gasteiger partial charge in [0.05, 0.1) is 0 Å². The van der Waals surface area contributed by atoms with Crippen molar-refractivity contribution in [1.29, 1.82) is 0 Å². The van der Waals surface area contributed by atoms with Crippen LogP contribution in [0.4, 0.5) is 0 Å². The summed E-state index contributed by atoms with van der Waals surface area (Å²) < 4.78 is 0. The molecule has 1 aliphatic rings. The van der Waals surface area contributed by atoms with E-state index in [1.807, 2.05) is 7.05 Å². The van der Waals surface area contributed by atoms with Gasteiger partial charge in [-0.25, -0.2) is 5.32 Å². The first-order valence-electron chi connectivity index (χ1n) is 5.05. The molecule has 0 bridgehead atoms. The molecule has 0 amide bonds. The maximum absolute atomic E-state index is 4.26. The Balaban J connectivity index is 2.40. The Bertz CT molecular complexity index is 117. The lowest BCUT2D eigenvalue weighted by Gasteiger charge is -2.30. The molecular formula is C10H21N2. The van der Waals surface area contributed by atoms with Crippen molar-refractivity contribution >= 4 is 0 Å². The molecule has 1 fully saturated rings. The Hall–Kier alpha value is -0.0800. The molecule has 12 heavy (non-hydrogen) atoms. The van der Waals surface area contributed by atoms with Crippen molar-refractivity contribution in [2.75, 3.05) is 26.7 Å². The minimum Gasteiger partial charge on any atom is -0.299 e. The first kappa shape index (κ1) is 10.0. The molecule has 1 atom stereocenters. The largest absolute Gasteiger partial charge is 0.299 e. The minimum atomic E-state index is 0.692. The fourth-order valence-corrected chi connectivity index (χ4v) is 2.01. The van der Waals surface area contributed by atoms with Crippen molar-refractivity contribution in [2.45, 2.75) is 32.7 Å². The van der Waals surface area contributed by atoms with E-state index in [0.717, 1.165) is 12.5 Å². The number of hydrogen-bond donors (Lipinski definition) is 0. The van der Waals surface area contributed by atoms with Crippen molar-refractivity contribution in [3.05, 3.63) is 0 Å². The van der Waals surface area contributed by atoms with E-state index in [2.05, 4.69) is 24.1 Å². The van der Waals surface area contributed by atoms with E-state index in [1.54, 1.807) is 0 Å². The van der Waals surface area contributed by atoms with Gasteiger partial charge < -0.3 is 0 Å². The molecule has 0 saturated carbocycles. The zero-order valence-electron chi connectivity index (χ0n) is 8.58. The molecular weight excluding hydrogens is 148 g/mol. The lowest BCUT2D eigenvalue weighted by molar-refractivity contribution is 0.188. The van der Waals surface area contributed by atoms with E-state index in [0.29, 0.717) is 6.04 Å². The number of nitrogens with zero attached hydrogens (tertiary/aromatic N) is 2. The van der Waals surface area contributed by atoms with Crippen molar-refractivity contribution in [3.8, 4) is 0 Å². The summed E-state index contributed by atoms with van der Waals surface area (Å²) in [6.07, 6.45) is 2.76. The molecule has 2 heteroatoms. The van der Waals surface area contributed by atoms with Gasteiger partial charge in [-0.2, -0.15) is 0 Å². The summed E-state index contributed by atoms with van der Waals surface area (Å²) in [5.41, 5.74) is 0. The molecule has 0 spiro atoms. The highest BCUT2D eigenvalue weighted by molar-refractivity contribution is 4.79. The molecule has 0 N–H and O–H groups in total. The van der Waals surface area contributed by atoms with Crippen molar-refractivity contribution in [2.24, 2.45) is 5.92 Å². The van der Waals surface area contributed by atoms with E-state index >= 15 is 0 Å². The molecule has 1 aliphatic heterocycles. The number of hydrogen-bond acceptors (Lipinski definition) is 1. The van der Waals surface area contributed by atoms with Gasteiger partial charge in [-0.3, -0.25) is 4.90 Å². The van der Waals surface area contributed by atoms with Crippen molar-refractivity contribution in [1.82, 2.24) is 10.2 Å². The first-order chi connectivity index (χ1) is 5.75. The molecule has 0 aliphatic carbocycles. The van der Waals surface area contributed by atoms with Crippen LogP contribution >= 0.6 is 0 Å². The van der Waals surface area contributed by atoms with Crippen LogP contribution < -0.4 is 5.32 Å².